The van der Waals surface area contributed by atoms with Gasteiger partial charge in [-0.2, -0.15) is 0 Å². The van der Waals surface area contributed by atoms with Crippen molar-refractivity contribution >= 4 is 6.21 Å². The number of dihydropyridines is 1. The van der Waals surface area contributed by atoms with E-state index < -0.39 is 0 Å². The maximum atomic E-state index is 4.39. The normalized spacial score (nSPS) is 36.0. The Morgan fingerprint density at radius 3 is 3.00 bits per heavy atom. The van der Waals surface area contributed by atoms with Crippen LogP contribution in [0.3, 0.4) is 0 Å². The first-order chi connectivity index (χ1) is 4.97. The van der Waals surface area contributed by atoms with Crippen LogP contribution in [0.2, 0.25) is 0 Å². The average molecular weight is 133 g/mol. The minimum Gasteiger partial charge on any atom is -0.289 e. The van der Waals surface area contributed by atoms with Crippen LogP contribution in [-0.4, -0.2) is 12.3 Å². The molecule has 52 valence electrons. The average Bonchev–Trinajstić information content (AvgIpc) is 2.05. The lowest BCUT2D eigenvalue weighted by atomic mass is 9.88. The van der Waals surface area contributed by atoms with Gasteiger partial charge in [0, 0.05) is 12.1 Å². The van der Waals surface area contributed by atoms with Crippen molar-refractivity contribution in [2.75, 3.05) is 0 Å². The van der Waals surface area contributed by atoms with Crippen LogP contribution in [0.25, 0.3) is 0 Å². The van der Waals surface area contributed by atoms with Crippen molar-refractivity contribution in [1.29, 1.82) is 0 Å². The van der Waals surface area contributed by atoms with E-state index in [1.807, 2.05) is 6.21 Å². The van der Waals surface area contributed by atoms with Gasteiger partial charge < -0.3 is 0 Å². The van der Waals surface area contributed by atoms with Crippen LogP contribution >= 0.6 is 0 Å². The fraction of sp³-hybridized carbons (Fsp3) is 0.444. The van der Waals surface area contributed by atoms with E-state index in [1.54, 1.807) is 0 Å². The first-order valence-corrected chi connectivity index (χ1v) is 3.82. The highest BCUT2D eigenvalue weighted by Crippen LogP contribution is 2.24. The van der Waals surface area contributed by atoms with Crippen molar-refractivity contribution in [3.05, 3.63) is 24.3 Å². The minimum absolute atomic E-state index is 0.551. The van der Waals surface area contributed by atoms with Crippen LogP contribution in [-0.2, 0) is 0 Å². The fourth-order valence-electron chi connectivity index (χ4n) is 1.55. The Balaban J connectivity index is 2.19. The fourth-order valence-corrected chi connectivity index (χ4v) is 1.55. The zero-order valence-corrected chi connectivity index (χ0v) is 5.90. The highest BCUT2D eigenvalue weighted by molar-refractivity contribution is 5.72. The van der Waals surface area contributed by atoms with Crippen LogP contribution in [0.4, 0.5) is 0 Å². The molecular weight excluding hydrogens is 122 g/mol. The summed E-state index contributed by atoms with van der Waals surface area (Å²) in [5.74, 6) is 0.690. The molecule has 1 aliphatic carbocycles. The number of fused-ring (bicyclic) bond motifs is 1. The highest BCUT2D eigenvalue weighted by atomic mass is 14.8. The molecule has 0 aromatic heterocycles. The van der Waals surface area contributed by atoms with Gasteiger partial charge in [0.05, 0.1) is 6.04 Å². The van der Waals surface area contributed by atoms with Gasteiger partial charge >= 0.3 is 0 Å². The quantitative estimate of drug-likeness (QED) is 0.448. The van der Waals surface area contributed by atoms with Crippen molar-refractivity contribution in [2.24, 2.45) is 10.9 Å². The van der Waals surface area contributed by atoms with E-state index in [9.17, 15) is 0 Å². The molecule has 1 heterocycles. The summed E-state index contributed by atoms with van der Waals surface area (Å²) >= 11 is 0. The Labute approximate surface area is 61.2 Å². The molecule has 0 spiro atoms. The maximum absolute atomic E-state index is 4.39. The number of nitrogens with zero attached hydrogens (tertiary/aromatic N) is 1. The smallest absolute Gasteiger partial charge is 0.0599 e. The zero-order chi connectivity index (χ0) is 6.81. The lowest BCUT2D eigenvalue weighted by Gasteiger charge is -2.23. The van der Waals surface area contributed by atoms with Gasteiger partial charge in [0.15, 0.2) is 0 Å². The van der Waals surface area contributed by atoms with Gasteiger partial charge in [-0.05, 0) is 18.9 Å². The topological polar surface area (TPSA) is 12.4 Å². The summed E-state index contributed by atoms with van der Waals surface area (Å²) in [5, 5.41) is 0. The van der Waals surface area contributed by atoms with E-state index >= 15 is 0 Å². The van der Waals surface area contributed by atoms with E-state index in [-0.39, 0.29) is 0 Å². The SMILES string of the molecule is C1=CC2CC=CCC2N=C1. The molecule has 0 fully saturated rings. The van der Waals surface area contributed by atoms with Gasteiger partial charge in [0.25, 0.3) is 0 Å². The van der Waals surface area contributed by atoms with Crippen molar-refractivity contribution in [2.45, 2.75) is 18.9 Å². The summed E-state index contributed by atoms with van der Waals surface area (Å²) < 4.78 is 0. The molecule has 2 aliphatic rings. The predicted molar refractivity (Wildman–Crippen MR) is 43.3 cm³/mol. The molecule has 1 heteroatoms. The van der Waals surface area contributed by atoms with Gasteiger partial charge in [-0.25, -0.2) is 0 Å². The molecule has 0 radical (unpaired) electrons. The second-order valence-corrected chi connectivity index (χ2v) is 2.86. The molecule has 0 bridgehead atoms. The largest absolute Gasteiger partial charge is 0.289 e. The van der Waals surface area contributed by atoms with Crippen LogP contribution < -0.4 is 0 Å². The van der Waals surface area contributed by atoms with E-state index in [4.69, 9.17) is 0 Å². The Morgan fingerprint density at radius 1 is 1.20 bits per heavy atom. The number of hydrogen-bond acceptors (Lipinski definition) is 1. The van der Waals surface area contributed by atoms with Crippen molar-refractivity contribution in [3.63, 3.8) is 0 Å². The lowest BCUT2D eigenvalue weighted by molar-refractivity contribution is 0.491. The van der Waals surface area contributed by atoms with Crippen LogP contribution in [0.1, 0.15) is 12.8 Å². The molecule has 0 aromatic carbocycles. The molecule has 2 rings (SSSR count). The first kappa shape index (κ1) is 5.90. The molecule has 0 saturated heterocycles. The highest BCUT2D eigenvalue weighted by Gasteiger charge is 2.19. The van der Waals surface area contributed by atoms with Crippen LogP contribution in [0.5, 0.6) is 0 Å². The Kier molecular flexibility index (Phi) is 1.42. The Hall–Kier alpha value is -0.850. The van der Waals surface area contributed by atoms with Crippen LogP contribution in [0.15, 0.2) is 29.3 Å². The van der Waals surface area contributed by atoms with Gasteiger partial charge in [0.2, 0.25) is 0 Å². The summed E-state index contributed by atoms with van der Waals surface area (Å²) in [7, 11) is 0. The Morgan fingerprint density at radius 2 is 2.10 bits per heavy atom. The molecule has 1 aliphatic heterocycles. The first-order valence-electron chi connectivity index (χ1n) is 3.82. The predicted octanol–water partition coefficient (Wildman–Crippen LogP) is 1.96. The third kappa shape index (κ3) is 0.919. The monoisotopic (exact) mass is 133 g/mol. The molecule has 10 heavy (non-hydrogen) atoms. The summed E-state index contributed by atoms with van der Waals surface area (Å²) in [5.41, 5.74) is 0. The number of aliphatic imine (C=N–C) groups is 1. The molecule has 0 amide bonds. The van der Waals surface area contributed by atoms with Crippen molar-refractivity contribution < 1.29 is 0 Å². The van der Waals surface area contributed by atoms with Crippen molar-refractivity contribution in [1.82, 2.24) is 0 Å². The lowest BCUT2D eigenvalue weighted by Crippen LogP contribution is -2.20. The van der Waals surface area contributed by atoms with E-state index in [0.29, 0.717) is 12.0 Å². The molecule has 0 aromatic rings. The summed E-state index contributed by atoms with van der Waals surface area (Å²) in [4.78, 5) is 4.39. The third-order valence-electron chi connectivity index (χ3n) is 2.17. The van der Waals surface area contributed by atoms with E-state index in [2.05, 4.69) is 29.3 Å². The van der Waals surface area contributed by atoms with Gasteiger partial charge in [0.1, 0.15) is 0 Å². The molecule has 0 N–H and O–H groups in total. The maximum Gasteiger partial charge on any atom is 0.0599 e. The van der Waals surface area contributed by atoms with Crippen LogP contribution in [0, 0.1) is 5.92 Å². The second kappa shape index (κ2) is 2.41. The molecular formula is C9H11N. The number of rotatable bonds is 0. The third-order valence-corrected chi connectivity index (χ3v) is 2.17. The summed E-state index contributed by atoms with van der Waals surface area (Å²) in [6.07, 6.45) is 13.0. The van der Waals surface area contributed by atoms with Gasteiger partial charge in [-0.3, -0.25) is 4.99 Å². The summed E-state index contributed by atoms with van der Waals surface area (Å²) in [6.45, 7) is 0. The molecule has 2 atom stereocenters. The van der Waals surface area contributed by atoms with Crippen molar-refractivity contribution in [3.8, 4) is 0 Å². The number of hydrogen-bond donors (Lipinski definition) is 0. The van der Waals surface area contributed by atoms with Gasteiger partial charge in [-0.15, -0.1) is 0 Å². The minimum atomic E-state index is 0.551. The van der Waals surface area contributed by atoms with Gasteiger partial charge in [-0.1, -0.05) is 18.2 Å². The number of allylic oxidation sites excluding steroid dienone is 2. The molecule has 1 nitrogen and oxygen atoms in total. The Bertz CT molecular complexity index is 179. The molecule has 0 saturated carbocycles. The zero-order valence-electron chi connectivity index (χ0n) is 5.90. The van der Waals surface area contributed by atoms with E-state index in [1.165, 1.54) is 6.42 Å². The summed E-state index contributed by atoms with van der Waals surface area (Å²) in [6, 6.07) is 0.551. The standard InChI is InChI=1S/C9H11N/c1-2-6-9-8(4-1)5-3-7-10-9/h1-3,5,7-9H,4,6H2. The van der Waals surface area contributed by atoms with E-state index in [0.717, 1.165) is 6.42 Å². The second-order valence-electron chi connectivity index (χ2n) is 2.86. The molecule has 2 unspecified atom stereocenters.